The maximum absolute atomic E-state index is 6.04. The summed E-state index contributed by atoms with van der Waals surface area (Å²) in [5.74, 6) is 1.65. The van der Waals surface area contributed by atoms with Crippen LogP contribution < -0.4 is 9.47 Å². The lowest BCUT2D eigenvalue weighted by molar-refractivity contribution is 0.0423. The third kappa shape index (κ3) is 4.05. The molecule has 1 atom stereocenters. The molecule has 1 heterocycles. The fourth-order valence-corrected chi connectivity index (χ4v) is 3.89. The Morgan fingerprint density at radius 2 is 1.50 bits per heavy atom. The average Bonchev–Trinajstić information content (AvgIpc) is 3.08. The molecule has 4 rings (SSSR count). The fraction of sp³-hybridized carbons (Fsp3) is 0.231. The van der Waals surface area contributed by atoms with Gasteiger partial charge in [0.1, 0.15) is 18.6 Å². The molecule has 0 radical (unpaired) electrons. The number of benzene rings is 3. The standard InChI is InChI=1S/C26H27NO3/c1-19-23-17-22(30-18-21-12-8-5-9-13-21)14-15-24(23)27(26(19)29-3)25(28-2)16-20-10-6-4-7-11-20/h4-15,17,25H,16,18H2,1-3H3. The van der Waals surface area contributed by atoms with Gasteiger partial charge in [-0.15, -0.1) is 0 Å². The highest BCUT2D eigenvalue weighted by Gasteiger charge is 2.22. The maximum atomic E-state index is 6.04. The van der Waals surface area contributed by atoms with Gasteiger partial charge in [0.2, 0.25) is 0 Å². The SMILES string of the molecule is COc1c(C)c2cc(OCc3ccccc3)ccc2n1C(Cc1ccccc1)OC. The fourth-order valence-electron chi connectivity index (χ4n) is 3.89. The minimum absolute atomic E-state index is 0.172. The highest BCUT2D eigenvalue weighted by Crippen LogP contribution is 2.37. The molecule has 0 aliphatic rings. The van der Waals surface area contributed by atoms with Crippen LogP contribution >= 0.6 is 0 Å². The first-order chi connectivity index (χ1) is 14.7. The van der Waals surface area contributed by atoms with Crippen LogP contribution in [0.3, 0.4) is 0 Å². The quantitative estimate of drug-likeness (QED) is 0.367. The summed E-state index contributed by atoms with van der Waals surface area (Å²) in [5.41, 5.74) is 4.51. The van der Waals surface area contributed by atoms with Crippen LogP contribution in [-0.2, 0) is 17.8 Å². The molecule has 0 saturated heterocycles. The molecule has 4 nitrogen and oxygen atoms in total. The van der Waals surface area contributed by atoms with E-state index in [1.807, 2.05) is 30.3 Å². The number of hydrogen-bond donors (Lipinski definition) is 0. The molecule has 154 valence electrons. The topological polar surface area (TPSA) is 32.6 Å². The Balaban J connectivity index is 1.67. The predicted octanol–water partition coefficient (Wildman–Crippen LogP) is 5.93. The van der Waals surface area contributed by atoms with E-state index in [-0.39, 0.29) is 6.23 Å². The Morgan fingerprint density at radius 1 is 0.833 bits per heavy atom. The number of methoxy groups -OCH3 is 2. The van der Waals surface area contributed by atoms with Crippen molar-refractivity contribution in [2.24, 2.45) is 0 Å². The van der Waals surface area contributed by atoms with E-state index < -0.39 is 0 Å². The zero-order chi connectivity index (χ0) is 20.9. The van der Waals surface area contributed by atoms with Crippen LogP contribution in [0.15, 0.2) is 78.9 Å². The second kappa shape index (κ2) is 9.06. The van der Waals surface area contributed by atoms with Gasteiger partial charge in [0.05, 0.1) is 12.6 Å². The van der Waals surface area contributed by atoms with Gasteiger partial charge in [0.25, 0.3) is 0 Å². The molecule has 4 heteroatoms. The number of nitrogens with zero attached hydrogens (tertiary/aromatic N) is 1. The summed E-state index contributed by atoms with van der Waals surface area (Å²) in [6, 6.07) is 26.7. The highest BCUT2D eigenvalue weighted by molar-refractivity contribution is 5.88. The van der Waals surface area contributed by atoms with E-state index in [4.69, 9.17) is 14.2 Å². The van der Waals surface area contributed by atoms with E-state index in [2.05, 4.69) is 60.0 Å². The number of ether oxygens (including phenoxy) is 3. The summed E-state index contributed by atoms with van der Waals surface area (Å²) in [6.45, 7) is 2.62. The van der Waals surface area contributed by atoms with Crippen molar-refractivity contribution in [1.82, 2.24) is 4.57 Å². The number of aryl methyl sites for hydroxylation is 1. The van der Waals surface area contributed by atoms with Gasteiger partial charge < -0.3 is 14.2 Å². The summed E-state index contributed by atoms with van der Waals surface area (Å²) in [6.07, 6.45) is 0.582. The lowest BCUT2D eigenvalue weighted by Gasteiger charge is -2.21. The molecule has 0 saturated carbocycles. The summed E-state index contributed by atoms with van der Waals surface area (Å²) in [4.78, 5) is 0. The lowest BCUT2D eigenvalue weighted by atomic mass is 10.1. The summed E-state index contributed by atoms with van der Waals surface area (Å²) < 4.78 is 19.9. The van der Waals surface area contributed by atoms with Crippen LogP contribution in [0, 0.1) is 6.92 Å². The van der Waals surface area contributed by atoms with Crippen molar-refractivity contribution < 1.29 is 14.2 Å². The first kappa shape index (κ1) is 20.0. The van der Waals surface area contributed by atoms with Gasteiger partial charge in [-0.2, -0.15) is 0 Å². The zero-order valence-electron chi connectivity index (χ0n) is 17.7. The van der Waals surface area contributed by atoms with Crippen LogP contribution in [0.4, 0.5) is 0 Å². The Morgan fingerprint density at radius 3 is 2.13 bits per heavy atom. The van der Waals surface area contributed by atoms with Crippen molar-refractivity contribution in [2.45, 2.75) is 26.2 Å². The molecule has 0 fully saturated rings. The molecule has 0 amide bonds. The van der Waals surface area contributed by atoms with Gasteiger partial charge in [-0.1, -0.05) is 60.7 Å². The van der Waals surface area contributed by atoms with E-state index in [1.165, 1.54) is 5.56 Å². The second-order valence-corrected chi connectivity index (χ2v) is 7.34. The van der Waals surface area contributed by atoms with Crippen molar-refractivity contribution in [3.63, 3.8) is 0 Å². The molecule has 0 bridgehead atoms. The molecule has 0 N–H and O–H groups in total. The Labute approximate surface area is 177 Å². The molecule has 1 unspecified atom stereocenters. The molecule has 0 spiro atoms. The zero-order valence-corrected chi connectivity index (χ0v) is 17.7. The second-order valence-electron chi connectivity index (χ2n) is 7.34. The first-order valence-electron chi connectivity index (χ1n) is 10.1. The van der Waals surface area contributed by atoms with Crippen molar-refractivity contribution in [3.05, 3.63) is 95.6 Å². The highest BCUT2D eigenvalue weighted by atomic mass is 16.5. The summed E-state index contributed by atoms with van der Waals surface area (Å²) in [5, 5.41) is 1.10. The monoisotopic (exact) mass is 401 g/mol. The summed E-state index contributed by atoms with van der Waals surface area (Å²) >= 11 is 0. The van der Waals surface area contributed by atoms with Gasteiger partial charge in [0, 0.05) is 24.5 Å². The van der Waals surface area contributed by atoms with E-state index in [1.54, 1.807) is 14.2 Å². The largest absolute Gasteiger partial charge is 0.489 e. The Hall–Kier alpha value is -3.24. The number of fused-ring (bicyclic) bond motifs is 1. The first-order valence-corrected chi connectivity index (χ1v) is 10.1. The minimum atomic E-state index is -0.172. The molecule has 1 aromatic heterocycles. The van der Waals surface area contributed by atoms with Gasteiger partial charge in [-0.05, 0) is 36.2 Å². The Bertz CT molecular complexity index is 1100. The smallest absolute Gasteiger partial charge is 0.199 e. The van der Waals surface area contributed by atoms with Gasteiger partial charge in [0.15, 0.2) is 5.88 Å². The third-order valence-corrected chi connectivity index (χ3v) is 5.43. The van der Waals surface area contributed by atoms with E-state index in [0.717, 1.165) is 40.1 Å². The van der Waals surface area contributed by atoms with Crippen LogP contribution in [0.2, 0.25) is 0 Å². The van der Waals surface area contributed by atoms with Gasteiger partial charge in [-0.3, -0.25) is 4.57 Å². The normalized spacial score (nSPS) is 12.1. The number of aromatic nitrogens is 1. The Kier molecular flexibility index (Phi) is 6.05. The molecular weight excluding hydrogens is 374 g/mol. The van der Waals surface area contributed by atoms with Crippen LogP contribution in [0.1, 0.15) is 22.9 Å². The third-order valence-electron chi connectivity index (χ3n) is 5.43. The molecule has 3 aromatic carbocycles. The van der Waals surface area contributed by atoms with Crippen molar-refractivity contribution in [2.75, 3.05) is 14.2 Å². The van der Waals surface area contributed by atoms with Gasteiger partial charge >= 0.3 is 0 Å². The van der Waals surface area contributed by atoms with Crippen LogP contribution in [0.25, 0.3) is 10.9 Å². The van der Waals surface area contributed by atoms with Crippen molar-refractivity contribution in [3.8, 4) is 11.6 Å². The lowest BCUT2D eigenvalue weighted by Crippen LogP contribution is -2.15. The predicted molar refractivity (Wildman–Crippen MR) is 120 cm³/mol. The van der Waals surface area contributed by atoms with E-state index in [0.29, 0.717) is 6.61 Å². The van der Waals surface area contributed by atoms with E-state index in [9.17, 15) is 0 Å². The van der Waals surface area contributed by atoms with Crippen LogP contribution in [-0.4, -0.2) is 18.8 Å². The summed E-state index contributed by atoms with van der Waals surface area (Å²) in [7, 11) is 3.45. The molecular formula is C26H27NO3. The van der Waals surface area contributed by atoms with Gasteiger partial charge in [-0.25, -0.2) is 0 Å². The maximum Gasteiger partial charge on any atom is 0.199 e. The average molecular weight is 402 g/mol. The van der Waals surface area contributed by atoms with Crippen LogP contribution in [0.5, 0.6) is 11.6 Å². The molecule has 0 aliphatic carbocycles. The number of hydrogen-bond acceptors (Lipinski definition) is 3. The molecule has 0 aliphatic heterocycles. The minimum Gasteiger partial charge on any atom is -0.489 e. The number of rotatable bonds is 8. The van der Waals surface area contributed by atoms with Crippen molar-refractivity contribution >= 4 is 10.9 Å². The molecule has 4 aromatic rings. The van der Waals surface area contributed by atoms with E-state index >= 15 is 0 Å². The molecule has 30 heavy (non-hydrogen) atoms. The van der Waals surface area contributed by atoms with Crippen molar-refractivity contribution in [1.29, 1.82) is 0 Å².